The number of nitrogens with zero attached hydrogens (tertiary/aromatic N) is 1. The molecular formula is C4HF10NO4Te. The van der Waals surface area contributed by atoms with Gasteiger partial charge in [0.25, 0.3) is 0 Å². The van der Waals surface area contributed by atoms with Crippen molar-refractivity contribution in [3.63, 3.8) is 0 Å². The normalized spacial score (nSPS) is 15.9. The van der Waals surface area contributed by atoms with Crippen molar-refractivity contribution in [1.82, 2.24) is 0 Å². The second kappa shape index (κ2) is 4.91. The van der Waals surface area contributed by atoms with Gasteiger partial charge in [-0.1, -0.05) is 0 Å². The van der Waals surface area contributed by atoms with Gasteiger partial charge >= 0.3 is 105 Å². The minimum atomic E-state index is -9.32. The molecule has 1 N–H and O–H groups in total. The summed E-state index contributed by atoms with van der Waals surface area (Å²) in [5.41, 5.74) is 0. The number of rotatable bonds is 4. The maximum atomic E-state index is 12.7. The molecule has 0 aromatic carbocycles. The molecule has 0 saturated carbocycles. The quantitative estimate of drug-likeness (QED) is 0.312. The first kappa shape index (κ1) is 19.2. The standard InChI is InChI=1S/C4HF10NO4Te/c5-1(6,7)3(11,12)20(18,19-15(16)17)4(13,14)2(8,9)10/h18H. The van der Waals surface area contributed by atoms with E-state index in [1.807, 2.05) is 0 Å². The minimum absolute atomic E-state index is 2.15. The first-order valence-corrected chi connectivity index (χ1v) is 8.02. The fraction of sp³-hybridized carbons (Fsp3) is 1.00. The van der Waals surface area contributed by atoms with E-state index in [1.54, 1.807) is 0 Å². The van der Waals surface area contributed by atoms with Crippen LogP contribution in [0, 0.1) is 10.1 Å². The van der Waals surface area contributed by atoms with E-state index in [0.29, 0.717) is 0 Å². The third-order valence-electron chi connectivity index (χ3n) is 1.52. The van der Waals surface area contributed by atoms with Crippen LogP contribution in [0.15, 0.2) is 0 Å². The fourth-order valence-corrected chi connectivity index (χ4v) is 4.40. The Bertz CT molecular complexity index is 364. The number of alkyl halides is 10. The van der Waals surface area contributed by atoms with Gasteiger partial charge in [0.15, 0.2) is 0 Å². The van der Waals surface area contributed by atoms with Crippen molar-refractivity contribution in [1.29, 1.82) is 0 Å². The fourth-order valence-electron chi connectivity index (χ4n) is 0.656. The van der Waals surface area contributed by atoms with E-state index in [4.69, 9.17) is 3.47 Å². The van der Waals surface area contributed by atoms with Crippen LogP contribution in [0.3, 0.4) is 0 Å². The van der Waals surface area contributed by atoms with Crippen molar-refractivity contribution >= 4 is 19.0 Å². The van der Waals surface area contributed by atoms with E-state index in [2.05, 4.69) is 3.20 Å². The first-order chi connectivity index (χ1) is 8.42. The molecule has 0 unspecified atom stereocenters. The molecule has 0 radical (unpaired) electrons. The first-order valence-electron chi connectivity index (χ1n) is 3.70. The summed E-state index contributed by atoms with van der Waals surface area (Å²) in [6, 6.07) is 0. The molecule has 122 valence electrons. The Morgan fingerprint density at radius 2 is 1.10 bits per heavy atom. The van der Waals surface area contributed by atoms with Gasteiger partial charge in [-0.25, -0.2) is 0 Å². The van der Waals surface area contributed by atoms with Crippen molar-refractivity contribution < 1.29 is 55.7 Å². The van der Waals surface area contributed by atoms with Crippen LogP contribution in [0.1, 0.15) is 0 Å². The molecular weight excluding hydrogens is 444 g/mol. The van der Waals surface area contributed by atoms with Crippen LogP contribution in [0.2, 0.25) is 0 Å². The summed E-state index contributed by atoms with van der Waals surface area (Å²) in [4.78, 5) is 9.63. The molecule has 0 bridgehead atoms. The van der Waals surface area contributed by atoms with Gasteiger partial charge in [0.05, 0.1) is 0 Å². The number of hydrogen-bond acceptors (Lipinski definition) is 4. The molecule has 5 nitrogen and oxygen atoms in total. The van der Waals surface area contributed by atoms with Crippen LogP contribution < -0.4 is 0 Å². The monoisotopic (exact) mass is 447 g/mol. The van der Waals surface area contributed by atoms with E-state index < -0.39 is 44.4 Å². The predicted octanol–water partition coefficient (Wildman–Crippen LogP) is 2.10. The van der Waals surface area contributed by atoms with Crippen LogP contribution >= 0.6 is 0 Å². The number of halogens is 10. The molecule has 0 saturated heterocycles. The molecule has 0 spiro atoms. The third kappa shape index (κ3) is 2.81. The van der Waals surface area contributed by atoms with Crippen molar-refractivity contribution in [2.24, 2.45) is 0 Å². The molecule has 0 aromatic rings. The van der Waals surface area contributed by atoms with Gasteiger partial charge in [0.2, 0.25) is 0 Å². The summed E-state index contributed by atoms with van der Waals surface area (Å²) in [6.07, 6.45) is -14.2. The summed E-state index contributed by atoms with van der Waals surface area (Å²) in [5, 5.41) is 6.87. The van der Waals surface area contributed by atoms with Gasteiger partial charge in [-0.05, 0) is 0 Å². The van der Waals surface area contributed by atoms with Gasteiger partial charge in [-0.15, -0.1) is 0 Å². The van der Waals surface area contributed by atoms with Gasteiger partial charge in [0, 0.05) is 0 Å². The SMILES string of the molecule is O=[N+]([O-])O[Te](O)(C(F)(F)C(F)(F)F)C(F)(F)C(F)(F)F. The van der Waals surface area contributed by atoms with E-state index in [0.717, 1.165) is 0 Å². The second-order valence-electron chi connectivity index (χ2n) is 2.85. The Kier molecular flexibility index (Phi) is 4.73. The Balaban J connectivity index is 6.23. The van der Waals surface area contributed by atoms with Crippen molar-refractivity contribution in [2.75, 3.05) is 0 Å². The molecule has 0 aliphatic heterocycles. The summed E-state index contributed by atoms with van der Waals surface area (Å²) < 4.78 is 118. The van der Waals surface area contributed by atoms with Gasteiger partial charge in [0.1, 0.15) is 0 Å². The Morgan fingerprint density at radius 1 is 0.850 bits per heavy atom. The van der Waals surface area contributed by atoms with Crippen LogP contribution in [-0.4, -0.2) is 47.9 Å². The molecule has 16 heteroatoms. The zero-order valence-corrected chi connectivity index (χ0v) is 10.6. The maximum absolute atomic E-state index is 12.7. The zero-order chi connectivity index (χ0) is 16.8. The Morgan fingerprint density at radius 3 is 1.25 bits per heavy atom. The zero-order valence-electron chi connectivity index (χ0n) is 8.31. The second-order valence-corrected chi connectivity index (χ2v) is 9.21. The Labute approximate surface area is 106 Å². The van der Waals surface area contributed by atoms with Crippen LogP contribution in [0.25, 0.3) is 0 Å². The topological polar surface area (TPSA) is 72.6 Å². The predicted molar refractivity (Wildman–Crippen MR) is 38.1 cm³/mol. The van der Waals surface area contributed by atoms with E-state index in [-0.39, 0.29) is 0 Å². The van der Waals surface area contributed by atoms with Gasteiger partial charge < -0.3 is 0 Å². The van der Waals surface area contributed by atoms with Crippen LogP contribution in [0.5, 0.6) is 0 Å². The van der Waals surface area contributed by atoms with Crippen molar-refractivity contribution in [3.8, 4) is 0 Å². The van der Waals surface area contributed by atoms with Gasteiger partial charge in [-0.3, -0.25) is 0 Å². The van der Waals surface area contributed by atoms with Crippen LogP contribution in [-0.2, 0) is 3.20 Å². The molecule has 0 amide bonds. The molecule has 0 rings (SSSR count). The molecule has 0 fully saturated rings. The average Bonchev–Trinajstić information content (AvgIpc) is 2.11. The van der Waals surface area contributed by atoms with Crippen molar-refractivity contribution in [2.45, 2.75) is 20.3 Å². The van der Waals surface area contributed by atoms with E-state index >= 15 is 0 Å². The third-order valence-corrected chi connectivity index (χ3v) is 7.78. The summed E-state index contributed by atoms with van der Waals surface area (Å²) in [5.74, 6) is 0. The molecule has 0 aliphatic rings. The number of hydrogen-bond donors (Lipinski definition) is 1. The summed E-state index contributed by atoms with van der Waals surface area (Å²) in [6.45, 7) is 0. The molecule has 0 heterocycles. The average molecular weight is 445 g/mol. The van der Waals surface area contributed by atoms with Crippen LogP contribution in [0.4, 0.5) is 43.9 Å². The molecule has 0 aliphatic carbocycles. The summed E-state index contributed by atoms with van der Waals surface area (Å²) in [7, 11) is 0. The molecule has 0 atom stereocenters. The van der Waals surface area contributed by atoms with E-state index in [1.165, 1.54) is 0 Å². The Hall–Kier alpha value is -0.750. The summed E-state index contributed by atoms with van der Waals surface area (Å²) >= 11 is -9.32. The molecule has 0 aromatic heterocycles. The molecule has 20 heavy (non-hydrogen) atoms. The van der Waals surface area contributed by atoms with E-state index in [9.17, 15) is 54.0 Å². The van der Waals surface area contributed by atoms with Crippen molar-refractivity contribution in [3.05, 3.63) is 10.1 Å². The van der Waals surface area contributed by atoms with Gasteiger partial charge in [-0.2, -0.15) is 0 Å².